The summed E-state index contributed by atoms with van der Waals surface area (Å²) < 4.78 is 20.4. The van der Waals surface area contributed by atoms with Crippen molar-refractivity contribution in [1.29, 1.82) is 0 Å². The molecule has 2 aliphatic heterocycles. The molecule has 0 saturated heterocycles. The molecule has 3 heterocycles. The predicted molar refractivity (Wildman–Crippen MR) is 93.4 cm³/mol. The number of carbonyl (C=O) groups excluding carboxylic acids is 1. The Labute approximate surface area is 149 Å². The van der Waals surface area contributed by atoms with Crippen LogP contribution in [0.3, 0.4) is 0 Å². The van der Waals surface area contributed by atoms with Crippen molar-refractivity contribution >= 4 is 18.0 Å². The zero-order valence-corrected chi connectivity index (χ0v) is 14.4. The number of amides is 2. The topological polar surface area (TPSA) is 48.7 Å². The van der Waals surface area contributed by atoms with Gasteiger partial charge in [0.2, 0.25) is 0 Å². The summed E-state index contributed by atoms with van der Waals surface area (Å²) in [6.07, 6.45) is 1.60. The summed E-state index contributed by atoms with van der Waals surface area (Å²) in [5, 5.41) is 2.88. The SMILES string of the molecule is O=C(NCc1ccco1)N1CC2=C(CN(Sc3ccc(F)cc3)C2)C1. The van der Waals surface area contributed by atoms with Crippen molar-refractivity contribution in [1.82, 2.24) is 14.5 Å². The normalized spacial score (nSPS) is 17.2. The maximum absolute atomic E-state index is 13.0. The van der Waals surface area contributed by atoms with Crippen LogP contribution in [-0.4, -0.2) is 41.4 Å². The molecule has 130 valence electrons. The van der Waals surface area contributed by atoms with Crippen molar-refractivity contribution in [3.05, 3.63) is 65.4 Å². The van der Waals surface area contributed by atoms with Gasteiger partial charge in [-0.2, -0.15) is 0 Å². The van der Waals surface area contributed by atoms with Crippen LogP contribution in [0.1, 0.15) is 5.76 Å². The molecule has 0 aliphatic carbocycles. The quantitative estimate of drug-likeness (QED) is 0.672. The van der Waals surface area contributed by atoms with Crippen molar-refractivity contribution in [3.8, 4) is 0 Å². The van der Waals surface area contributed by atoms with E-state index in [4.69, 9.17) is 4.42 Å². The molecule has 0 spiro atoms. The predicted octanol–water partition coefficient (Wildman–Crippen LogP) is 3.26. The molecule has 2 aromatic rings. The first-order valence-corrected chi connectivity index (χ1v) is 8.88. The average Bonchev–Trinajstić information content (AvgIpc) is 3.31. The lowest BCUT2D eigenvalue weighted by Crippen LogP contribution is -2.40. The van der Waals surface area contributed by atoms with E-state index in [9.17, 15) is 9.18 Å². The van der Waals surface area contributed by atoms with Gasteiger partial charge in [-0.15, -0.1) is 0 Å². The van der Waals surface area contributed by atoms with Gasteiger partial charge < -0.3 is 14.6 Å². The molecule has 0 saturated carbocycles. The molecular weight excluding hydrogens is 341 g/mol. The number of carbonyl (C=O) groups is 1. The van der Waals surface area contributed by atoms with Crippen LogP contribution in [-0.2, 0) is 6.54 Å². The van der Waals surface area contributed by atoms with Gasteiger partial charge in [0.1, 0.15) is 11.6 Å². The van der Waals surface area contributed by atoms with Crippen LogP contribution in [0.25, 0.3) is 0 Å². The second-order valence-corrected chi connectivity index (χ2v) is 7.31. The van der Waals surface area contributed by atoms with Crippen molar-refractivity contribution in [2.75, 3.05) is 26.2 Å². The molecule has 4 rings (SSSR count). The molecule has 2 amide bonds. The smallest absolute Gasteiger partial charge is 0.318 e. The molecular formula is C18H18FN3O2S. The number of rotatable bonds is 4. The summed E-state index contributed by atoms with van der Waals surface area (Å²) in [7, 11) is 0. The lowest BCUT2D eigenvalue weighted by atomic mass is 10.2. The van der Waals surface area contributed by atoms with Gasteiger partial charge in [-0.1, -0.05) is 0 Å². The third kappa shape index (κ3) is 3.72. The standard InChI is InChI=1S/C18H18FN3O2S/c19-15-3-5-17(6-4-15)25-22-11-13-9-21(10-14(13)12-22)18(23)20-8-16-2-1-7-24-16/h1-7H,8-12H2,(H,20,23). The largest absolute Gasteiger partial charge is 0.467 e. The molecule has 1 aromatic carbocycles. The minimum atomic E-state index is -0.220. The molecule has 1 aromatic heterocycles. The number of nitrogens with one attached hydrogen (secondary N) is 1. The van der Waals surface area contributed by atoms with Crippen molar-refractivity contribution in [2.24, 2.45) is 0 Å². The summed E-state index contributed by atoms with van der Waals surface area (Å²) >= 11 is 1.63. The number of benzene rings is 1. The summed E-state index contributed by atoms with van der Waals surface area (Å²) in [4.78, 5) is 15.1. The van der Waals surface area contributed by atoms with Crippen LogP contribution in [0.4, 0.5) is 9.18 Å². The summed E-state index contributed by atoms with van der Waals surface area (Å²) in [5.74, 6) is 0.525. The number of hydrogen-bond acceptors (Lipinski definition) is 4. The maximum atomic E-state index is 13.0. The van der Waals surface area contributed by atoms with Gasteiger partial charge in [-0.3, -0.25) is 0 Å². The van der Waals surface area contributed by atoms with E-state index in [1.54, 1.807) is 36.4 Å². The highest BCUT2D eigenvalue weighted by molar-refractivity contribution is 7.97. The van der Waals surface area contributed by atoms with Crippen molar-refractivity contribution in [2.45, 2.75) is 11.4 Å². The second-order valence-electron chi connectivity index (χ2n) is 6.14. The van der Waals surface area contributed by atoms with Gasteiger partial charge in [0, 0.05) is 31.1 Å². The first-order chi connectivity index (χ1) is 12.2. The van der Waals surface area contributed by atoms with E-state index in [1.165, 1.54) is 23.3 Å². The molecule has 5 nitrogen and oxygen atoms in total. The molecule has 25 heavy (non-hydrogen) atoms. The lowest BCUT2D eigenvalue weighted by Gasteiger charge is -2.22. The fraction of sp³-hybridized carbons (Fsp3) is 0.278. The van der Waals surface area contributed by atoms with Crippen LogP contribution in [0, 0.1) is 5.82 Å². The number of hydrogen-bond donors (Lipinski definition) is 1. The highest BCUT2D eigenvalue weighted by Gasteiger charge is 2.32. The number of nitrogens with zero attached hydrogens (tertiary/aromatic N) is 2. The Hall–Kier alpha value is -2.25. The number of furan rings is 1. The van der Waals surface area contributed by atoms with Crippen LogP contribution < -0.4 is 5.32 Å². The third-order valence-corrected chi connectivity index (χ3v) is 5.33. The molecule has 2 aliphatic rings. The summed E-state index contributed by atoms with van der Waals surface area (Å²) in [5.41, 5.74) is 2.62. The molecule has 0 fully saturated rings. The second kappa shape index (κ2) is 6.93. The van der Waals surface area contributed by atoms with Crippen LogP contribution >= 0.6 is 11.9 Å². The van der Waals surface area contributed by atoms with Gasteiger partial charge >= 0.3 is 6.03 Å². The van der Waals surface area contributed by atoms with Crippen molar-refractivity contribution < 1.29 is 13.6 Å². The Morgan fingerprint density at radius 2 is 1.84 bits per heavy atom. The lowest BCUT2D eigenvalue weighted by molar-refractivity contribution is 0.207. The summed E-state index contributed by atoms with van der Waals surface area (Å²) in [6, 6.07) is 10.1. The zero-order valence-electron chi connectivity index (χ0n) is 13.6. The van der Waals surface area contributed by atoms with Crippen LogP contribution in [0.15, 0.2) is 63.1 Å². The minimum Gasteiger partial charge on any atom is -0.467 e. The molecule has 0 atom stereocenters. The number of urea groups is 1. The van der Waals surface area contributed by atoms with Crippen LogP contribution in [0.5, 0.6) is 0 Å². The zero-order chi connectivity index (χ0) is 17.2. The Balaban J connectivity index is 1.26. The first-order valence-electron chi connectivity index (χ1n) is 8.11. The minimum absolute atomic E-state index is 0.0662. The van der Waals surface area contributed by atoms with Gasteiger partial charge in [-0.05, 0) is 59.5 Å². The fourth-order valence-corrected chi connectivity index (χ4v) is 4.08. The van der Waals surface area contributed by atoms with Crippen molar-refractivity contribution in [3.63, 3.8) is 0 Å². The van der Waals surface area contributed by atoms with Crippen LogP contribution in [0.2, 0.25) is 0 Å². The number of halogens is 1. The highest BCUT2D eigenvalue weighted by atomic mass is 32.2. The average molecular weight is 359 g/mol. The van der Waals surface area contributed by atoms with E-state index in [0.717, 1.165) is 23.7 Å². The Morgan fingerprint density at radius 1 is 1.12 bits per heavy atom. The van der Waals surface area contributed by atoms with E-state index >= 15 is 0 Å². The summed E-state index contributed by atoms with van der Waals surface area (Å²) in [6.45, 7) is 3.40. The van der Waals surface area contributed by atoms with E-state index in [2.05, 4.69) is 9.62 Å². The van der Waals surface area contributed by atoms with Gasteiger partial charge in [0.25, 0.3) is 0 Å². The monoisotopic (exact) mass is 359 g/mol. The van der Waals surface area contributed by atoms with E-state index in [-0.39, 0.29) is 11.8 Å². The molecule has 7 heteroatoms. The fourth-order valence-electron chi connectivity index (χ4n) is 3.09. The van der Waals surface area contributed by atoms with E-state index < -0.39 is 0 Å². The van der Waals surface area contributed by atoms with Gasteiger partial charge in [-0.25, -0.2) is 13.5 Å². The third-order valence-electron chi connectivity index (χ3n) is 4.33. The Kier molecular flexibility index (Phi) is 4.50. The molecule has 1 N–H and O–H groups in total. The first kappa shape index (κ1) is 16.2. The van der Waals surface area contributed by atoms with Gasteiger partial charge in [0.05, 0.1) is 12.8 Å². The van der Waals surface area contributed by atoms with E-state index in [0.29, 0.717) is 19.6 Å². The van der Waals surface area contributed by atoms with Gasteiger partial charge in [0.15, 0.2) is 0 Å². The Bertz CT molecular complexity index is 771. The molecule has 0 unspecified atom stereocenters. The maximum Gasteiger partial charge on any atom is 0.318 e. The highest BCUT2D eigenvalue weighted by Crippen LogP contribution is 2.33. The van der Waals surface area contributed by atoms with E-state index in [1.807, 2.05) is 11.0 Å². The Morgan fingerprint density at radius 3 is 2.48 bits per heavy atom. The molecule has 0 radical (unpaired) electrons. The molecule has 0 bridgehead atoms.